The van der Waals surface area contributed by atoms with Gasteiger partial charge in [0.15, 0.2) is 17.1 Å². The molecule has 3 heterocycles. The average molecular weight is 1060 g/mol. The van der Waals surface area contributed by atoms with Crippen molar-refractivity contribution in [1.29, 1.82) is 0 Å². The third-order valence-electron chi connectivity index (χ3n) is 5.10. The van der Waals surface area contributed by atoms with Crippen molar-refractivity contribution in [3.8, 4) is 0 Å². The molecule has 3 aromatic heterocycles. The molecular weight excluding hydrogens is 1060 g/mol. The summed E-state index contributed by atoms with van der Waals surface area (Å²) in [6.07, 6.45) is -36.6. The number of alkyl halides is 18. The number of hydrogen-bond acceptors (Lipinski definition) is 3. The maximum atomic E-state index is 14.0. The Labute approximate surface area is 273 Å². The first-order chi connectivity index (χ1) is 18.9. The monoisotopic (exact) mass is 1060 g/mol. The summed E-state index contributed by atoms with van der Waals surface area (Å²) in [4.78, 5) is 0. The van der Waals surface area contributed by atoms with E-state index in [2.05, 4.69) is 15.3 Å². The first-order valence-corrected chi connectivity index (χ1v) is 12.2. The van der Waals surface area contributed by atoms with E-state index in [0.29, 0.717) is 0 Å². The molecule has 0 bridgehead atoms. The van der Waals surface area contributed by atoms with E-state index in [1.807, 2.05) is 47.8 Å². The Balaban J connectivity index is 0.00000675. The number of halogens is 21. The van der Waals surface area contributed by atoms with Crippen LogP contribution in [0, 0.1) is 0 Å². The Morgan fingerprint density at radius 2 is 0.568 bits per heavy atom. The largest absolute Gasteiger partial charge is 1.00 e. The van der Waals surface area contributed by atoms with Crippen molar-refractivity contribution in [3.63, 3.8) is 0 Å². The zero-order chi connectivity index (χ0) is 33.6. The molecule has 29 heteroatoms. The van der Waals surface area contributed by atoms with Crippen molar-refractivity contribution in [2.75, 3.05) is 0 Å². The van der Waals surface area contributed by atoms with Gasteiger partial charge in [0.2, 0.25) is 0 Å². The van der Waals surface area contributed by atoms with E-state index in [-0.39, 0.29) is 27.3 Å². The van der Waals surface area contributed by atoms with Crippen molar-refractivity contribution in [2.45, 2.75) is 37.1 Å². The van der Waals surface area contributed by atoms with Crippen LogP contribution in [0.2, 0.25) is 0 Å². The van der Waals surface area contributed by atoms with Gasteiger partial charge < -0.3 is 13.8 Å². The summed E-state index contributed by atoms with van der Waals surface area (Å²) in [5.74, 6) is 0. The third kappa shape index (κ3) is 7.19. The first kappa shape index (κ1) is 39.0. The minimum atomic E-state index is -6.22. The summed E-state index contributed by atoms with van der Waals surface area (Å²) in [6, 6.07) is 0. The summed E-state index contributed by atoms with van der Waals surface area (Å²) in [7, 11) is -5.45. The fourth-order valence-corrected chi connectivity index (χ4v) is 5.87. The van der Waals surface area contributed by atoms with E-state index in [1.165, 1.54) is 0 Å². The Bertz CT molecular complexity index is 1360. The third-order valence-corrected chi connectivity index (χ3v) is 7.35. The van der Waals surface area contributed by atoms with Crippen LogP contribution in [0.1, 0.15) is 34.2 Å². The second kappa shape index (κ2) is 11.8. The summed E-state index contributed by atoms with van der Waals surface area (Å²) in [5, 5.41) is 7.08. The molecule has 244 valence electrons. The summed E-state index contributed by atoms with van der Waals surface area (Å²) in [6.45, 7) is 0. The molecule has 0 unspecified atom stereocenters. The molecule has 0 saturated heterocycles. The summed E-state index contributed by atoms with van der Waals surface area (Å²) in [5.41, 5.74) is -16.7. The first-order valence-electron chi connectivity index (χ1n) is 9.86. The Morgan fingerprint density at radius 1 is 0.386 bits per heavy atom. The molecule has 3 aromatic rings. The summed E-state index contributed by atoms with van der Waals surface area (Å²) >= 11 is 5.44. The molecule has 0 aliphatic rings. The molecule has 3 rings (SSSR count). The van der Waals surface area contributed by atoms with Crippen molar-refractivity contribution >= 4 is 82.2 Å². The number of hydrogen-bond donors (Lipinski definition) is 0. The molecule has 0 aromatic carbocycles. The molecule has 0 fully saturated rings. The maximum Gasteiger partial charge on any atom is 1.00 e. The quantitative estimate of drug-likeness (QED) is 0.198. The van der Waals surface area contributed by atoms with Crippen molar-refractivity contribution < 1.29 is 79.0 Å². The van der Waals surface area contributed by atoms with Crippen LogP contribution in [0.3, 0.4) is 0 Å². The molecule has 0 N–H and O–H groups in total. The van der Waals surface area contributed by atoms with Gasteiger partial charge in [-0.15, -0.1) is 0 Å². The van der Waals surface area contributed by atoms with Crippen LogP contribution in [-0.2, 0) is 37.1 Å². The van der Waals surface area contributed by atoms with E-state index in [1.54, 1.807) is 0 Å². The van der Waals surface area contributed by atoms with E-state index in [0.717, 1.165) is 0 Å². The molecule has 0 aliphatic carbocycles. The van der Waals surface area contributed by atoms with Crippen LogP contribution < -0.4 is 0 Å². The van der Waals surface area contributed by atoms with Crippen LogP contribution in [0.4, 0.5) is 79.0 Å². The van der Waals surface area contributed by atoms with Gasteiger partial charge in [0.1, 0.15) is 17.1 Å². The second-order valence-electron chi connectivity index (χ2n) is 7.94. The Hall–Kier alpha value is -1.20. The topological polar surface area (TPSA) is 53.5 Å². The molecule has 0 aliphatic heterocycles. The fourth-order valence-electron chi connectivity index (χ4n) is 3.67. The van der Waals surface area contributed by atoms with Crippen LogP contribution >= 0.6 is 47.8 Å². The molecule has 6 nitrogen and oxygen atoms in total. The molecular formula is C15HBBr3F18N6Tl. The van der Waals surface area contributed by atoms with Crippen molar-refractivity contribution in [3.05, 3.63) is 47.6 Å². The van der Waals surface area contributed by atoms with Gasteiger partial charge in [-0.2, -0.15) is 79.0 Å². The van der Waals surface area contributed by atoms with Gasteiger partial charge in [-0.05, 0) is 47.8 Å². The van der Waals surface area contributed by atoms with Gasteiger partial charge in [-0.25, -0.2) is 15.3 Å². The number of nitrogens with zero attached hydrogens (tertiary/aromatic N) is 6. The molecule has 0 atom stereocenters. The minimum Gasteiger partial charge on any atom is -0.391 e. The normalized spacial score (nSPS) is 14.0. The Kier molecular flexibility index (Phi) is 10.4. The standard InChI is InChI=1S/C15HBBr3F18N6.Tl/c17-1-4(10(20,21)22)38-41(7(1)13(29,30)31)16(42-8(14(32,33)34)2(18)5(39-42)11(23,24)25)43-9(15(35,36)37)3(19)6(40-43)12(26,27)28;/h16H;/q-1;+1. The molecule has 0 amide bonds. The maximum absolute atomic E-state index is 14.0. The van der Waals surface area contributed by atoms with Gasteiger partial charge in [0, 0.05) is 0 Å². The fraction of sp³-hybridized carbons (Fsp3) is 0.400. The predicted molar refractivity (Wildman–Crippen MR) is 119 cm³/mol. The zero-order valence-electron chi connectivity index (χ0n) is 19.4. The van der Waals surface area contributed by atoms with Gasteiger partial charge in [0.05, 0.1) is 13.4 Å². The summed E-state index contributed by atoms with van der Waals surface area (Å²) < 4.78 is 237. The molecule has 0 radical (unpaired) electrons. The van der Waals surface area contributed by atoms with Crippen LogP contribution in [0.25, 0.3) is 0 Å². The van der Waals surface area contributed by atoms with Gasteiger partial charge in [-0.3, -0.25) is 0 Å². The van der Waals surface area contributed by atoms with Crippen LogP contribution in [-0.4, -0.2) is 63.5 Å². The van der Waals surface area contributed by atoms with Crippen LogP contribution in [0.5, 0.6) is 0 Å². The zero-order valence-corrected chi connectivity index (χ0v) is 28.7. The van der Waals surface area contributed by atoms with E-state index < -0.39 is 106 Å². The molecule has 0 spiro atoms. The van der Waals surface area contributed by atoms with Crippen molar-refractivity contribution in [1.82, 2.24) is 29.1 Å². The number of rotatable bonds is 3. The Morgan fingerprint density at radius 3 is 0.705 bits per heavy atom. The minimum absolute atomic E-state index is 0. The predicted octanol–water partition coefficient (Wildman–Crippen LogP) is 7.96. The van der Waals surface area contributed by atoms with Gasteiger partial charge >= 0.3 is 71.5 Å². The average Bonchev–Trinajstić information content (AvgIpc) is 3.37. The van der Waals surface area contributed by atoms with Crippen LogP contribution in [0.15, 0.2) is 13.4 Å². The molecule has 44 heavy (non-hydrogen) atoms. The van der Waals surface area contributed by atoms with Gasteiger partial charge in [-0.1, -0.05) is 0 Å². The van der Waals surface area contributed by atoms with E-state index >= 15 is 0 Å². The van der Waals surface area contributed by atoms with E-state index in [9.17, 15) is 79.0 Å². The van der Waals surface area contributed by atoms with E-state index in [4.69, 9.17) is 0 Å². The SMILES string of the molecule is FC(F)(F)c1nn([BH-](n2nc(C(F)(F)F)c(Br)c2C(F)(F)F)n2nc(C(F)(F)F)c(Br)c2C(F)(F)F)c(C(F)(F)F)c1Br.[Tl+]. The molecule has 0 saturated carbocycles. The smallest absolute Gasteiger partial charge is 0.391 e. The van der Waals surface area contributed by atoms with Gasteiger partial charge in [0.25, 0.3) is 0 Å². The van der Waals surface area contributed by atoms with Crippen molar-refractivity contribution in [2.24, 2.45) is 0 Å². The second-order valence-corrected chi connectivity index (χ2v) is 10.3. The number of aromatic nitrogens is 6.